The number of hydrogen-bond donors (Lipinski definition) is 0. The molecule has 2 aromatic carbocycles. The van der Waals surface area contributed by atoms with Gasteiger partial charge in [0.05, 0.1) is 4.90 Å². The van der Waals surface area contributed by atoms with Crippen molar-refractivity contribution >= 4 is 10.0 Å². The molecule has 0 bridgehead atoms. The normalized spacial score (nSPS) is 11.6. The molecule has 0 saturated heterocycles. The second-order valence-electron chi connectivity index (χ2n) is 4.80. The summed E-state index contributed by atoms with van der Waals surface area (Å²) < 4.78 is 31.5. The molecule has 0 aliphatic carbocycles. The number of sulfonamides is 1. The van der Waals surface area contributed by atoms with E-state index in [1.165, 1.54) is 4.31 Å². The van der Waals surface area contributed by atoms with Crippen LogP contribution >= 0.6 is 0 Å². The van der Waals surface area contributed by atoms with E-state index in [2.05, 4.69) is 0 Å². The van der Waals surface area contributed by atoms with Gasteiger partial charge in [0.1, 0.15) is 12.4 Å². The maximum absolute atomic E-state index is 12.3. The van der Waals surface area contributed by atoms with Crippen LogP contribution in [0.4, 0.5) is 0 Å². The Morgan fingerprint density at radius 1 is 1.05 bits per heavy atom. The molecule has 0 radical (unpaired) electrons. The molecule has 0 atom stereocenters. The second-order valence-corrected chi connectivity index (χ2v) is 6.85. The number of rotatable bonds is 6. The third-order valence-corrected chi connectivity index (χ3v) is 4.99. The fraction of sp³-hybridized carbons (Fsp3) is 0.250. The van der Waals surface area contributed by atoms with Crippen LogP contribution in [-0.4, -0.2) is 32.9 Å². The third-order valence-electron chi connectivity index (χ3n) is 3.12. The van der Waals surface area contributed by atoms with Crippen molar-refractivity contribution < 1.29 is 13.2 Å². The Kier molecular flexibility index (Phi) is 4.98. The van der Waals surface area contributed by atoms with E-state index < -0.39 is 10.0 Å². The second kappa shape index (κ2) is 6.74. The average Bonchev–Trinajstić information content (AvgIpc) is 2.48. The highest BCUT2D eigenvalue weighted by atomic mass is 32.2. The summed E-state index contributed by atoms with van der Waals surface area (Å²) in [6.07, 6.45) is 0. The van der Waals surface area contributed by atoms with Crippen molar-refractivity contribution in [2.45, 2.75) is 11.8 Å². The molecule has 5 heteroatoms. The first-order valence-corrected chi connectivity index (χ1v) is 8.15. The lowest BCUT2D eigenvalue weighted by Gasteiger charge is -2.17. The third kappa shape index (κ3) is 4.06. The highest BCUT2D eigenvalue weighted by Crippen LogP contribution is 2.15. The van der Waals surface area contributed by atoms with E-state index in [9.17, 15) is 8.42 Å². The Morgan fingerprint density at radius 3 is 2.43 bits per heavy atom. The van der Waals surface area contributed by atoms with Crippen molar-refractivity contribution in [1.29, 1.82) is 0 Å². The van der Waals surface area contributed by atoms with Crippen LogP contribution in [0.15, 0.2) is 59.5 Å². The highest BCUT2D eigenvalue weighted by Gasteiger charge is 2.19. The summed E-state index contributed by atoms with van der Waals surface area (Å²) in [6.45, 7) is 2.59. The topological polar surface area (TPSA) is 46.6 Å². The Balaban J connectivity index is 1.94. The van der Waals surface area contributed by atoms with Crippen LogP contribution < -0.4 is 4.74 Å². The number of benzene rings is 2. The number of likely N-dealkylation sites (N-methyl/N-ethyl adjacent to an activating group) is 1. The average molecular weight is 305 g/mol. The van der Waals surface area contributed by atoms with Gasteiger partial charge in [0.25, 0.3) is 0 Å². The van der Waals surface area contributed by atoms with E-state index in [1.807, 2.05) is 31.2 Å². The summed E-state index contributed by atoms with van der Waals surface area (Å²) in [4.78, 5) is 0.294. The van der Waals surface area contributed by atoms with Gasteiger partial charge in [0.2, 0.25) is 10.0 Å². The molecule has 0 spiro atoms. The molecule has 0 aromatic heterocycles. The van der Waals surface area contributed by atoms with Crippen LogP contribution in [0.1, 0.15) is 5.56 Å². The molecule has 0 aliphatic rings. The van der Waals surface area contributed by atoms with Gasteiger partial charge >= 0.3 is 0 Å². The molecule has 0 N–H and O–H groups in total. The lowest BCUT2D eigenvalue weighted by Crippen LogP contribution is -2.31. The molecular weight excluding hydrogens is 286 g/mol. The van der Waals surface area contributed by atoms with Crippen LogP contribution in [0.5, 0.6) is 5.75 Å². The lowest BCUT2D eigenvalue weighted by atomic mass is 10.2. The molecule has 0 aliphatic heterocycles. The Bertz CT molecular complexity index is 684. The SMILES string of the molecule is Cc1cccc(OCCN(C)S(=O)(=O)c2ccccc2)c1. The van der Waals surface area contributed by atoms with Gasteiger partial charge in [0.15, 0.2) is 0 Å². The van der Waals surface area contributed by atoms with Gasteiger partial charge in [-0.05, 0) is 36.8 Å². The minimum Gasteiger partial charge on any atom is -0.492 e. The van der Waals surface area contributed by atoms with E-state index in [-0.39, 0.29) is 0 Å². The van der Waals surface area contributed by atoms with Gasteiger partial charge in [-0.15, -0.1) is 0 Å². The molecule has 0 saturated carbocycles. The molecule has 2 aromatic rings. The fourth-order valence-electron chi connectivity index (χ4n) is 1.89. The fourth-order valence-corrected chi connectivity index (χ4v) is 3.07. The summed E-state index contributed by atoms with van der Waals surface area (Å²) >= 11 is 0. The van der Waals surface area contributed by atoms with Gasteiger partial charge in [0, 0.05) is 13.6 Å². The van der Waals surface area contributed by atoms with Gasteiger partial charge in [-0.1, -0.05) is 30.3 Å². The van der Waals surface area contributed by atoms with Crippen LogP contribution in [-0.2, 0) is 10.0 Å². The predicted octanol–water partition coefficient (Wildman–Crippen LogP) is 2.69. The molecule has 21 heavy (non-hydrogen) atoms. The summed E-state index contributed by atoms with van der Waals surface area (Å²) in [5.74, 6) is 0.750. The number of nitrogens with zero attached hydrogens (tertiary/aromatic N) is 1. The Morgan fingerprint density at radius 2 is 1.76 bits per heavy atom. The minimum atomic E-state index is -3.45. The maximum atomic E-state index is 12.3. The van der Waals surface area contributed by atoms with Crippen molar-refractivity contribution in [2.24, 2.45) is 0 Å². The van der Waals surface area contributed by atoms with Crippen molar-refractivity contribution in [2.75, 3.05) is 20.2 Å². The molecule has 0 fully saturated rings. The minimum absolute atomic E-state index is 0.294. The molecule has 0 unspecified atom stereocenters. The molecule has 4 nitrogen and oxygen atoms in total. The van der Waals surface area contributed by atoms with E-state index >= 15 is 0 Å². The number of ether oxygens (including phenoxy) is 1. The largest absolute Gasteiger partial charge is 0.492 e. The smallest absolute Gasteiger partial charge is 0.242 e. The van der Waals surface area contributed by atoms with E-state index in [0.29, 0.717) is 18.0 Å². The first-order valence-electron chi connectivity index (χ1n) is 6.71. The van der Waals surface area contributed by atoms with Crippen LogP contribution in [0, 0.1) is 6.92 Å². The standard InChI is InChI=1S/C16H19NO3S/c1-14-7-6-8-15(13-14)20-12-11-17(2)21(18,19)16-9-4-3-5-10-16/h3-10,13H,11-12H2,1-2H3. The zero-order valence-corrected chi connectivity index (χ0v) is 13.0. The van der Waals surface area contributed by atoms with E-state index in [1.54, 1.807) is 37.4 Å². The maximum Gasteiger partial charge on any atom is 0.242 e. The van der Waals surface area contributed by atoms with Crippen molar-refractivity contribution in [1.82, 2.24) is 4.31 Å². The Labute approximate surface area is 126 Å². The van der Waals surface area contributed by atoms with Crippen molar-refractivity contribution in [3.8, 4) is 5.75 Å². The quantitative estimate of drug-likeness (QED) is 0.824. The zero-order valence-electron chi connectivity index (χ0n) is 12.2. The summed E-state index contributed by atoms with van der Waals surface area (Å²) in [5, 5.41) is 0. The molecular formula is C16H19NO3S. The molecule has 2 rings (SSSR count). The summed E-state index contributed by atoms with van der Waals surface area (Å²) in [7, 11) is -1.89. The van der Waals surface area contributed by atoms with Crippen LogP contribution in [0.25, 0.3) is 0 Å². The molecule has 0 heterocycles. The summed E-state index contributed by atoms with van der Waals surface area (Å²) in [5.41, 5.74) is 1.11. The van der Waals surface area contributed by atoms with Gasteiger partial charge in [-0.3, -0.25) is 0 Å². The number of hydrogen-bond acceptors (Lipinski definition) is 3. The highest BCUT2D eigenvalue weighted by molar-refractivity contribution is 7.89. The van der Waals surface area contributed by atoms with Gasteiger partial charge in [-0.25, -0.2) is 8.42 Å². The van der Waals surface area contributed by atoms with Crippen molar-refractivity contribution in [3.05, 3.63) is 60.2 Å². The van der Waals surface area contributed by atoms with Gasteiger partial charge < -0.3 is 4.74 Å². The van der Waals surface area contributed by atoms with E-state index in [0.717, 1.165) is 11.3 Å². The van der Waals surface area contributed by atoms with Gasteiger partial charge in [-0.2, -0.15) is 4.31 Å². The number of aryl methyl sites for hydroxylation is 1. The molecule has 0 amide bonds. The monoisotopic (exact) mass is 305 g/mol. The molecule has 112 valence electrons. The predicted molar refractivity (Wildman–Crippen MR) is 82.9 cm³/mol. The first-order chi connectivity index (χ1) is 10.00. The van der Waals surface area contributed by atoms with Crippen LogP contribution in [0.3, 0.4) is 0 Å². The van der Waals surface area contributed by atoms with Crippen LogP contribution in [0.2, 0.25) is 0 Å². The summed E-state index contributed by atoms with van der Waals surface area (Å²) in [6, 6.07) is 16.1. The van der Waals surface area contributed by atoms with Crippen molar-refractivity contribution in [3.63, 3.8) is 0 Å². The first kappa shape index (κ1) is 15.5. The van der Waals surface area contributed by atoms with E-state index in [4.69, 9.17) is 4.74 Å². The Hall–Kier alpha value is -1.85. The lowest BCUT2D eigenvalue weighted by molar-refractivity contribution is 0.286. The zero-order chi connectivity index (χ0) is 15.3.